The van der Waals surface area contributed by atoms with Gasteiger partial charge in [-0.2, -0.15) is 4.68 Å². The van der Waals surface area contributed by atoms with E-state index in [1.165, 1.54) is 23.5 Å². The minimum atomic E-state index is -0.0304. The summed E-state index contributed by atoms with van der Waals surface area (Å²) in [6, 6.07) is 19.2. The zero-order valence-corrected chi connectivity index (χ0v) is 23.5. The first-order valence-corrected chi connectivity index (χ1v) is 14.8. The Hall–Kier alpha value is -3.52. The molecule has 0 spiro atoms. The number of ether oxygens (including phenoxy) is 1. The van der Waals surface area contributed by atoms with Gasteiger partial charge in [-0.3, -0.25) is 9.79 Å². The van der Waals surface area contributed by atoms with E-state index in [4.69, 9.17) is 9.15 Å². The molecule has 0 radical (unpaired) electrons. The van der Waals surface area contributed by atoms with Crippen LogP contribution in [0.2, 0.25) is 0 Å². The van der Waals surface area contributed by atoms with E-state index in [1.807, 2.05) is 60.7 Å². The second kappa shape index (κ2) is 13.5. The molecule has 0 unspecified atom stereocenters. The lowest BCUT2D eigenvalue weighted by molar-refractivity contribution is -0.118. The van der Waals surface area contributed by atoms with Gasteiger partial charge in [-0.25, -0.2) is 4.98 Å². The van der Waals surface area contributed by atoms with E-state index < -0.39 is 0 Å². The SMILES string of the molecule is CCCOCCNC(=O)CSc1nc2ccc(N=Cc3ccc(Sc4nnnn4-c4ccccc4)o3)cc2s1. The van der Waals surface area contributed by atoms with Crippen molar-refractivity contribution in [2.24, 2.45) is 4.99 Å². The number of benzene rings is 2. The lowest BCUT2D eigenvalue weighted by atomic mass is 10.3. The summed E-state index contributed by atoms with van der Waals surface area (Å²) in [4.78, 5) is 21.2. The Morgan fingerprint density at radius 1 is 1.18 bits per heavy atom. The summed E-state index contributed by atoms with van der Waals surface area (Å²) in [5, 5.41) is 16.1. The standard InChI is InChI=1S/C26H25N7O3S3/c1-2-13-35-14-12-27-23(34)17-37-26-29-21-10-8-18(15-22(21)38-26)28-16-20-9-11-24(36-20)39-25-30-31-32-33(25)19-6-4-3-5-7-19/h3-11,15-16H,2,12-14,17H2,1H3,(H,27,34). The molecule has 2 aromatic carbocycles. The number of hydrogen-bond acceptors (Lipinski definition) is 11. The Bertz CT molecular complexity index is 1550. The number of aliphatic imine (C=N–C) groups is 1. The normalized spacial score (nSPS) is 11.5. The number of tetrazole rings is 1. The lowest BCUT2D eigenvalue weighted by Crippen LogP contribution is -2.28. The van der Waals surface area contributed by atoms with Gasteiger partial charge in [0.2, 0.25) is 11.1 Å². The third-order valence-electron chi connectivity index (χ3n) is 5.17. The van der Waals surface area contributed by atoms with Gasteiger partial charge in [0, 0.05) is 13.2 Å². The highest BCUT2D eigenvalue weighted by molar-refractivity contribution is 8.01. The van der Waals surface area contributed by atoms with Crippen LogP contribution < -0.4 is 5.32 Å². The third-order valence-corrected chi connectivity index (χ3v) is 8.19. The molecule has 1 N–H and O–H groups in total. The van der Waals surface area contributed by atoms with E-state index in [9.17, 15) is 4.79 Å². The van der Waals surface area contributed by atoms with Crippen molar-refractivity contribution < 1.29 is 13.9 Å². The van der Waals surface area contributed by atoms with Gasteiger partial charge < -0.3 is 14.5 Å². The molecule has 1 amide bonds. The molecule has 0 saturated heterocycles. The number of nitrogens with one attached hydrogen (secondary N) is 1. The zero-order valence-electron chi connectivity index (χ0n) is 21.0. The first-order valence-electron chi connectivity index (χ1n) is 12.2. The molecule has 0 atom stereocenters. The molecule has 5 aromatic rings. The Morgan fingerprint density at radius 3 is 2.95 bits per heavy atom. The number of para-hydroxylation sites is 1. The number of carbonyl (C=O) groups is 1. The predicted molar refractivity (Wildman–Crippen MR) is 154 cm³/mol. The lowest BCUT2D eigenvalue weighted by Gasteiger charge is -2.04. The van der Waals surface area contributed by atoms with Crippen LogP contribution in [0.25, 0.3) is 15.9 Å². The van der Waals surface area contributed by atoms with Gasteiger partial charge >= 0.3 is 0 Å². The summed E-state index contributed by atoms with van der Waals surface area (Å²) >= 11 is 4.30. The molecule has 0 bridgehead atoms. The van der Waals surface area contributed by atoms with Crippen molar-refractivity contribution in [3.8, 4) is 5.69 Å². The summed E-state index contributed by atoms with van der Waals surface area (Å²) < 4.78 is 14.8. The maximum Gasteiger partial charge on any atom is 0.230 e. The fourth-order valence-corrected chi connectivity index (χ4v) is 6.07. The number of aromatic nitrogens is 5. The topological polar surface area (TPSA) is 120 Å². The summed E-state index contributed by atoms with van der Waals surface area (Å²) in [6.07, 6.45) is 2.65. The quantitative estimate of drug-likeness (QED) is 0.111. The average Bonchev–Trinajstić information content (AvgIpc) is 3.71. The highest BCUT2D eigenvalue weighted by Crippen LogP contribution is 2.32. The number of fused-ring (bicyclic) bond motifs is 1. The molecule has 200 valence electrons. The molecule has 10 nitrogen and oxygen atoms in total. The van der Waals surface area contributed by atoms with Crippen molar-refractivity contribution >= 4 is 62.9 Å². The van der Waals surface area contributed by atoms with Gasteiger partial charge in [0.25, 0.3) is 0 Å². The van der Waals surface area contributed by atoms with Gasteiger partial charge in [-0.15, -0.1) is 16.4 Å². The van der Waals surface area contributed by atoms with Gasteiger partial charge in [0.05, 0.1) is 40.2 Å². The number of hydrogen-bond donors (Lipinski definition) is 1. The van der Waals surface area contributed by atoms with Crippen LogP contribution in [0.5, 0.6) is 0 Å². The van der Waals surface area contributed by atoms with E-state index in [2.05, 4.69) is 37.7 Å². The maximum atomic E-state index is 12.1. The van der Waals surface area contributed by atoms with Crippen LogP contribution in [-0.4, -0.2) is 62.8 Å². The molecule has 3 heterocycles. The number of nitrogens with zero attached hydrogens (tertiary/aromatic N) is 6. The molecule has 0 aliphatic carbocycles. The monoisotopic (exact) mass is 579 g/mol. The van der Waals surface area contributed by atoms with Crippen LogP contribution in [-0.2, 0) is 9.53 Å². The van der Waals surface area contributed by atoms with E-state index in [1.54, 1.807) is 22.2 Å². The molecule has 39 heavy (non-hydrogen) atoms. The molecule has 0 fully saturated rings. The molecule has 0 aliphatic heterocycles. The smallest absolute Gasteiger partial charge is 0.230 e. The van der Waals surface area contributed by atoms with Crippen molar-refractivity contribution in [3.63, 3.8) is 0 Å². The summed E-state index contributed by atoms with van der Waals surface area (Å²) in [5.74, 6) is 0.898. The van der Waals surface area contributed by atoms with Crippen LogP contribution in [0, 0.1) is 0 Å². The maximum absolute atomic E-state index is 12.1. The molecule has 5 rings (SSSR count). The number of amides is 1. The summed E-state index contributed by atoms with van der Waals surface area (Å²) in [5.41, 5.74) is 2.53. The number of carbonyl (C=O) groups excluding carboxylic acids is 1. The Morgan fingerprint density at radius 2 is 2.08 bits per heavy atom. The van der Waals surface area contributed by atoms with Gasteiger partial charge in [0.1, 0.15) is 5.76 Å². The number of thiazole rings is 1. The van der Waals surface area contributed by atoms with Crippen molar-refractivity contribution in [3.05, 3.63) is 66.4 Å². The highest BCUT2D eigenvalue weighted by Gasteiger charge is 2.13. The van der Waals surface area contributed by atoms with Crippen LogP contribution in [0.1, 0.15) is 19.1 Å². The van der Waals surface area contributed by atoms with Crippen LogP contribution in [0.15, 0.2) is 84.7 Å². The van der Waals surface area contributed by atoms with E-state index in [-0.39, 0.29) is 5.91 Å². The van der Waals surface area contributed by atoms with Crippen LogP contribution in [0.4, 0.5) is 5.69 Å². The van der Waals surface area contributed by atoms with Gasteiger partial charge in [0.15, 0.2) is 9.43 Å². The first kappa shape index (κ1) is 27.1. The Labute approximate surface area is 237 Å². The third kappa shape index (κ3) is 7.53. The van der Waals surface area contributed by atoms with E-state index in [0.29, 0.717) is 41.5 Å². The van der Waals surface area contributed by atoms with Crippen molar-refractivity contribution in [2.75, 3.05) is 25.5 Å². The number of rotatable bonds is 13. The van der Waals surface area contributed by atoms with E-state index >= 15 is 0 Å². The minimum Gasteiger partial charge on any atom is -0.448 e. The first-order chi connectivity index (χ1) is 19.2. The fourth-order valence-electron chi connectivity index (χ4n) is 3.38. The highest BCUT2D eigenvalue weighted by atomic mass is 32.2. The second-order valence-electron chi connectivity index (χ2n) is 8.11. The van der Waals surface area contributed by atoms with Crippen LogP contribution >= 0.6 is 34.9 Å². The largest absolute Gasteiger partial charge is 0.448 e. The van der Waals surface area contributed by atoms with Gasteiger partial charge in [-0.05, 0) is 71.1 Å². The van der Waals surface area contributed by atoms with Crippen molar-refractivity contribution in [2.45, 2.75) is 27.9 Å². The molecular formula is C26H25N7O3S3. The van der Waals surface area contributed by atoms with Gasteiger partial charge in [-0.1, -0.05) is 36.9 Å². The van der Waals surface area contributed by atoms with Crippen molar-refractivity contribution in [1.82, 2.24) is 30.5 Å². The Kier molecular flexibility index (Phi) is 9.38. The van der Waals surface area contributed by atoms with Crippen molar-refractivity contribution in [1.29, 1.82) is 0 Å². The molecular weight excluding hydrogens is 555 g/mol. The summed E-state index contributed by atoms with van der Waals surface area (Å²) in [7, 11) is 0. The molecule has 0 saturated carbocycles. The molecule has 0 aliphatic rings. The number of furan rings is 1. The number of thioether (sulfide) groups is 1. The predicted octanol–water partition coefficient (Wildman–Crippen LogP) is 5.40. The average molecular weight is 580 g/mol. The fraction of sp³-hybridized carbons (Fsp3) is 0.231. The van der Waals surface area contributed by atoms with E-state index in [0.717, 1.165) is 32.4 Å². The Balaban J connectivity index is 1.16. The zero-order chi connectivity index (χ0) is 26.9. The second-order valence-corrected chi connectivity index (χ2v) is 11.3. The molecule has 13 heteroatoms. The minimum absolute atomic E-state index is 0.0304. The van der Waals surface area contributed by atoms with Crippen LogP contribution in [0.3, 0.4) is 0 Å². The molecule has 3 aromatic heterocycles. The summed E-state index contributed by atoms with van der Waals surface area (Å²) in [6.45, 7) is 3.81.